The molecule has 2 aromatic carbocycles. The van der Waals surface area contributed by atoms with Crippen LogP contribution in [0.4, 0.5) is 27.5 Å². The molecule has 0 aliphatic heterocycles. The number of aromatic nitrogens is 6. The number of benzene rings is 2. The Bertz CT molecular complexity index is 1630. The number of anilines is 4. The van der Waals surface area contributed by atoms with Gasteiger partial charge in [-0.1, -0.05) is 0 Å². The lowest BCUT2D eigenvalue weighted by Gasteiger charge is -2.10. The largest absolute Gasteiger partial charge is 0.468 e. The van der Waals surface area contributed by atoms with Crippen LogP contribution in [-0.2, 0) is 32.2 Å². The molecule has 0 saturated carbocycles. The standard InChI is InChI=1S/C24H21FN8O4/c1-36-21(34)12-32-19-5-3-16(7-14(19)9-27-32)29-23-18(25)11-26-24(31-23)30-17-4-6-20-15(8-17)10-28-33(20)13-22(35)37-2/h3-11H,12-13H2,1-2H3,(H2,26,29,30,31). The van der Waals surface area contributed by atoms with E-state index in [0.717, 1.165) is 28.0 Å². The molecular formula is C24H21FN8O4. The minimum Gasteiger partial charge on any atom is -0.468 e. The van der Waals surface area contributed by atoms with E-state index in [1.165, 1.54) is 23.6 Å². The summed E-state index contributed by atoms with van der Waals surface area (Å²) in [6.45, 7) is -0.0130. The molecule has 0 bridgehead atoms. The van der Waals surface area contributed by atoms with Crippen molar-refractivity contribution in [1.82, 2.24) is 29.5 Å². The first-order valence-corrected chi connectivity index (χ1v) is 11.0. The van der Waals surface area contributed by atoms with Gasteiger partial charge in [-0.15, -0.1) is 0 Å². The summed E-state index contributed by atoms with van der Waals surface area (Å²) in [7, 11) is 2.64. The van der Waals surface area contributed by atoms with Crippen LogP contribution in [0.3, 0.4) is 0 Å². The highest BCUT2D eigenvalue weighted by atomic mass is 19.1. The van der Waals surface area contributed by atoms with Gasteiger partial charge in [0.1, 0.15) is 13.1 Å². The van der Waals surface area contributed by atoms with Gasteiger partial charge in [-0.05, 0) is 36.4 Å². The molecule has 0 aliphatic rings. The van der Waals surface area contributed by atoms with E-state index in [1.807, 2.05) is 6.07 Å². The van der Waals surface area contributed by atoms with Gasteiger partial charge in [0.25, 0.3) is 0 Å². The van der Waals surface area contributed by atoms with E-state index in [9.17, 15) is 14.0 Å². The maximum absolute atomic E-state index is 14.5. The van der Waals surface area contributed by atoms with Gasteiger partial charge in [-0.25, -0.2) is 9.37 Å². The van der Waals surface area contributed by atoms with Crippen molar-refractivity contribution in [3.8, 4) is 0 Å². The van der Waals surface area contributed by atoms with Gasteiger partial charge in [0.2, 0.25) is 5.95 Å². The highest BCUT2D eigenvalue weighted by molar-refractivity contribution is 5.85. The fourth-order valence-corrected chi connectivity index (χ4v) is 3.74. The lowest BCUT2D eigenvalue weighted by atomic mass is 10.2. The number of halogens is 1. The molecule has 0 atom stereocenters. The van der Waals surface area contributed by atoms with Crippen molar-refractivity contribution in [3.63, 3.8) is 0 Å². The molecule has 37 heavy (non-hydrogen) atoms. The second-order valence-electron chi connectivity index (χ2n) is 7.94. The predicted octanol–water partition coefficient (Wildman–Crippen LogP) is 3.15. The molecule has 0 unspecified atom stereocenters. The Morgan fingerprint density at radius 3 is 1.92 bits per heavy atom. The van der Waals surface area contributed by atoms with Crippen LogP contribution in [0.2, 0.25) is 0 Å². The zero-order valence-corrected chi connectivity index (χ0v) is 19.8. The highest BCUT2D eigenvalue weighted by Crippen LogP contribution is 2.25. The topological polar surface area (TPSA) is 138 Å². The molecule has 12 nitrogen and oxygen atoms in total. The van der Waals surface area contributed by atoms with Crippen LogP contribution in [0.15, 0.2) is 55.0 Å². The quantitative estimate of drug-likeness (QED) is 0.303. The number of hydrogen-bond donors (Lipinski definition) is 2. The van der Waals surface area contributed by atoms with E-state index >= 15 is 0 Å². The number of carbonyl (C=O) groups excluding carboxylic acids is 2. The summed E-state index contributed by atoms with van der Waals surface area (Å²) in [6.07, 6.45) is 4.30. The number of hydrogen-bond acceptors (Lipinski definition) is 10. The van der Waals surface area contributed by atoms with Crippen LogP contribution < -0.4 is 10.6 Å². The number of esters is 2. The number of ether oxygens (including phenoxy) is 2. The number of nitrogens with one attached hydrogen (secondary N) is 2. The van der Waals surface area contributed by atoms with Gasteiger partial charge >= 0.3 is 11.9 Å². The average molecular weight is 504 g/mol. The van der Waals surface area contributed by atoms with Crippen LogP contribution in [0.25, 0.3) is 21.8 Å². The minimum absolute atomic E-state index is 0.000730. The Labute approximate surface area is 209 Å². The predicted molar refractivity (Wildman–Crippen MR) is 132 cm³/mol. The fourth-order valence-electron chi connectivity index (χ4n) is 3.74. The average Bonchev–Trinajstić information content (AvgIpc) is 3.49. The first kappa shape index (κ1) is 23.7. The van der Waals surface area contributed by atoms with E-state index in [1.54, 1.807) is 42.7 Å². The van der Waals surface area contributed by atoms with Crippen molar-refractivity contribution in [2.75, 3.05) is 24.9 Å². The molecule has 2 N–H and O–H groups in total. The van der Waals surface area contributed by atoms with E-state index in [4.69, 9.17) is 4.74 Å². The van der Waals surface area contributed by atoms with E-state index in [2.05, 4.69) is 35.5 Å². The van der Waals surface area contributed by atoms with Gasteiger partial charge in [0.05, 0.1) is 43.8 Å². The maximum atomic E-state index is 14.5. The molecule has 5 aromatic rings. The SMILES string of the molecule is COC(=O)Cn1ncc2cc(Nc3ncc(F)c(Nc4ccc5c(cnn5CC(=O)OC)c4)n3)ccc21. The molecule has 0 saturated heterocycles. The number of carbonyl (C=O) groups is 2. The fraction of sp³-hybridized carbons (Fsp3) is 0.167. The normalized spacial score (nSPS) is 11.0. The smallest absolute Gasteiger partial charge is 0.327 e. The monoisotopic (exact) mass is 504 g/mol. The molecule has 0 spiro atoms. The third kappa shape index (κ3) is 5.00. The zero-order valence-electron chi connectivity index (χ0n) is 19.8. The second kappa shape index (κ2) is 9.89. The van der Waals surface area contributed by atoms with Crippen molar-refractivity contribution < 1.29 is 23.5 Å². The molecule has 3 heterocycles. The molecule has 188 valence electrons. The molecule has 3 aromatic heterocycles. The second-order valence-corrected chi connectivity index (χ2v) is 7.94. The van der Waals surface area contributed by atoms with Crippen molar-refractivity contribution >= 4 is 56.9 Å². The molecule has 0 aliphatic carbocycles. The van der Waals surface area contributed by atoms with Crippen molar-refractivity contribution in [1.29, 1.82) is 0 Å². The lowest BCUT2D eigenvalue weighted by molar-refractivity contribution is -0.142. The molecule has 0 fully saturated rings. The van der Waals surface area contributed by atoms with Crippen molar-refractivity contribution in [3.05, 3.63) is 60.8 Å². The first-order valence-electron chi connectivity index (χ1n) is 11.0. The summed E-state index contributed by atoms with van der Waals surface area (Å²) in [6, 6.07) is 10.7. The number of rotatable bonds is 8. The summed E-state index contributed by atoms with van der Waals surface area (Å²) in [5.74, 6) is -1.29. The van der Waals surface area contributed by atoms with Gasteiger partial charge in [0.15, 0.2) is 11.6 Å². The summed E-state index contributed by atoms with van der Waals surface area (Å²) in [5, 5.41) is 16.0. The molecule has 0 radical (unpaired) electrons. The Balaban J connectivity index is 1.34. The summed E-state index contributed by atoms with van der Waals surface area (Å²) in [4.78, 5) is 31.4. The van der Waals surface area contributed by atoms with E-state index in [0.29, 0.717) is 11.4 Å². The Kier molecular flexibility index (Phi) is 6.32. The summed E-state index contributed by atoms with van der Waals surface area (Å²) >= 11 is 0. The van der Waals surface area contributed by atoms with E-state index < -0.39 is 17.8 Å². The van der Waals surface area contributed by atoms with Crippen LogP contribution in [-0.4, -0.2) is 55.7 Å². The summed E-state index contributed by atoms with van der Waals surface area (Å²) in [5.41, 5.74) is 2.71. The molecule has 5 rings (SSSR count). The third-order valence-electron chi connectivity index (χ3n) is 5.56. The molecule has 13 heteroatoms. The Hall–Kier alpha value is -5.07. The van der Waals surface area contributed by atoms with Crippen molar-refractivity contribution in [2.24, 2.45) is 0 Å². The van der Waals surface area contributed by atoms with Crippen molar-refractivity contribution in [2.45, 2.75) is 13.1 Å². The van der Waals surface area contributed by atoms with Gasteiger partial charge < -0.3 is 20.1 Å². The number of methoxy groups -OCH3 is 2. The maximum Gasteiger partial charge on any atom is 0.327 e. The molecular weight excluding hydrogens is 483 g/mol. The third-order valence-corrected chi connectivity index (χ3v) is 5.56. The van der Waals surface area contributed by atoms with Gasteiger partial charge in [-0.3, -0.25) is 19.0 Å². The van der Waals surface area contributed by atoms with Crippen LogP contribution >= 0.6 is 0 Å². The van der Waals surface area contributed by atoms with Crippen LogP contribution in [0.5, 0.6) is 0 Å². The Morgan fingerprint density at radius 2 is 1.38 bits per heavy atom. The highest BCUT2D eigenvalue weighted by Gasteiger charge is 2.12. The number of nitrogens with zero attached hydrogens (tertiary/aromatic N) is 6. The zero-order chi connectivity index (χ0) is 25.9. The number of fused-ring (bicyclic) bond motifs is 2. The lowest BCUT2D eigenvalue weighted by Crippen LogP contribution is -2.12. The van der Waals surface area contributed by atoms with Crippen LogP contribution in [0.1, 0.15) is 0 Å². The summed E-state index contributed by atoms with van der Waals surface area (Å²) < 4.78 is 26.9. The first-order chi connectivity index (χ1) is 17.9. The van der Waals surface area contributed by atoms with Crippen LogP contribution in [0, 0.1) is 5.82 Å². The van der Waals surface area contributed by atoms with E-state index in [-0.39, 0.29) is 24.9 Å². The minimum atomic E-state index is -0.633. The van der Waals surface area contributed by atoms with Gasteiger partial charge in [-0.2, -0.15) is 15.2 Å². The molecule has 0 amide bonds. The van der Waals surface area contributed by atoms with Gasteiger partial charge in [0, 0.05) is 22.1 Å². The Morgan fingerprint density at radius 1 is 0.838 bits per heavy atom.